The van der Waals surface area contributed by atoms with E-state index in [4.69, 9.17) is 0 Å². The lowest BCUT2D eigenvalue weighted by molar-refractivity contribution is -0.0371. The predicted octanol–water partition coefficient (Wildman–Crippen LogP) is 1.98. The van der Waals surface area contributed by atoms with Crippen LogP contribution in [-0.2, 0) is 0 Å². The van der Waals surface area contributed by atoms with Crippen LogP contribution in [0.15, 0.2) is 30.6 Å². The molecule has 3 rings (SSSR count). The maximum atomic E-state index is 10.6. The molecule has 0 saturated carbocycles. The van der Waals surface area contributed by atoms with Gasteiger partial charge in [-0.25, -0.2) is 4.98 Å². The number of fused-ring (bicyclic) bond motifs is 1. The number of anilines is 1. The Balaban J connectivity index is 1.88. The summed E-state index contributed by atoms with van der Waals surface area (Å²) in [7, 11) is 0. The molecule has 2 aromatic rings. The summed E-state index contributed by atoms with van der Waals surface area (Å²) in [5.74, 6) is 0.868. The molecule has 22 heavy (non-hydrogen) atoms. The van der Waals surface area contributed by atoms with Gasteiger partial charge in [0.15, 0.2) is 0 Å². The second kappa shape index (κ2) is 6.18. The molecule has 1 aliphatic rings. The first-order chi connectivity index (χ1) is 10.7. The smallest absolute Gasteiger partial charge is 0.138 e. The zero-order valence-electron chi connectivity index (χ0n) is 12.9. The van der Waals surface area contributed by atoms with Gasteiger partial charge in [0, 0.05) is 36.3 Å². The van der Waals surface area contributed by atoms with Gasteiger partial charge in [0.1, 0.15) is 5.82 Å². The largest absolute Gasteiger partial charge is 0.396 e. The van der Waals surface area contributed by atoms with E-state index in [2.05, 4.69) is 21.8 Å². The van der Waals surface area contributed by atoms with Gasteiger partial charge in [0.05, 0.1) is 18.2 Å². The van der Waals surface area contributed by atoms with E-state index < -0.39 is 6.10 Å². The summed E-state index contributed by atoms with van der Waals surface area (Å²) in [6, 6.07) is 5.81. The van der Waals surface area contributed by atoms with Crippen LogP contribution in [0.1, 0.15) is 26.2 Å². The number of piperidine rings is 1. The van der Waals surface area contributed by atoms with Crippen molar-refractivity contribution in [3.05, 3.63) is 30.6 Å². The van der Waals surface area contributed by atoms with E-state index in [1.807, 2.05) is 18.2 Å². The lowest BCUT2D eigenvalue weighted by Gasteiger charge is -2.45. The summed E-state index contributed by atoms with van der Waals surface area (Å²) in [4.78, 5) is 11.0. The van der Waals surface area contributed by atoms with Crippen LogP contribution < -0.4 is 4.90 Å². The van der Waals surface area contributed by atoms with E-state index in [1.165, 1.54) is 0 Å². The van der Waals surface area contributed by atoms with E-state index in [1.54, 1.807) is 12.4 Å². The molecule has 0 aliphatic carbocycles. The maximum absolute atomic E-state index is 10.6. The Morgan fingerprint density at radius 3 is 2.91 bits per heavy atom. The molecule has 2 atom stereocenters. The first-order valence-corrected chi connectivity index (χ1v) is 7.94. The Kier molecular flexibility index (Phi) is 4.27. The molecule has 5 nitrogen and oxygen atoms in total. The highest BCUT2D eigenvalue weighted by atomic mass is 16.3. The SMILES string of the molecule is CCC[C@]1(CO)CCN(c2nccc3ncccc23)C[C@H]1O. The average Bonchev–Trinajstić information content (AvgIpc) is 2.56. The third-order valence-electron chi connectivity index (χ3n) is 4.85. The van der Waals surface area contributed by atoms with Crippen LogP contribution in [0.4, 0.5) is 5.82 Å². The first kappa shape index (κ1) is 15.2. The summed E-state index contributed by atoms with van der Waals surface area (Å²) in [6.45, 7) is 3.43. The minimum absolute atomic E-state index is 0.0420. The lowest BCUT2D eigenvalue weighted by Crippen LogP contribution is -2.53. The predicted molar refractivity (Wildman–Crippen MR) is 86.8 cm³/mol. The summed E-state index contributed by atoms with van der Waals surface area (Å²) in [5.41, 5.74) is 0.545. The van der Waals surface area contributed by atoms with Crippen molar-refractivity contribution < 1.29 is 10.2 Å². The quantitative estimate of drug-likeness (QED) is 0.903. The highest BCUT2D eigenvalue weighted by Crippen LogP contribution is 2.38. The summed E-state index contributed by atoms with van der Waals surface area (Å²) >= 11 is 0. The third-order valence-corrected chi connectivity index (χ3v) is 4.85. The molecule has 0 bridgehead atoms. The van der Waals surface area contributed by atoms with Crippen LogP contribution >= 0.6 is 0 Å². The topological polar surface area (TPSA) is 69.5 Å². The molecule has 0 amide bonds. The van der Waals surface area contributed by atoms with Gasteiger partial charge in [-0.15, -0.1) is 0 Å². The minimum atomic E-state index is -0.542. The standard InChI is InChI=1S/C17H23N3O2/c1-2-6-17(12-21)7-10-20(11-15(17)22)16-13-4-3-8-18-14(13)5-9-19-16/h3-5,8-9,15,21-22H,2,6-7,10-12H2,1H3/t15-,17-/m1/s1. The van der Waals surface area contributed by atoms with Gasteiger partial charge in [-0.2, -0.15) is 0 Å². The highest BCUT2D eigenvalue weighted by Gasteiger charge is 2.41. The number of β-amino-alcohol motifs (C(OH)–C–C–N with tert-alkyl or cyclic N) is 1. The number of nitrogens with zero attached hydrogens (tertiary/aromatic N) is 3. The molecule has 2 N–H and O–H groups in total. The molecule has 0 radical (unpaired) electrons. The summed E-state index contributed by atoms with van der Waals surface area (Å²) < 4.78 is 0. The number of rotatable bonds is 4. The number of aromatic nitrogens is 2. The van der Waals surface area contributed by atoms with Gasteiger partial charge in [-0.05, 0) is 31.0 Å². The van der Waals surface area contributed by atoms with Crippen molar-refractivity contribution in [3.8, 4) is 0 Å². The van der Waals surface area contributed by atoms with Crippen LogP contribution in [0.2, 0.25) is 0 Å². The van der Waals surface area contributed by atoms with Crippen molar-refractivity contribution in [2.75, 3.05) is 24.6 Å². The zero-order valence-corrected chi connectivity index (χ0v) is 12.9. The molecule has 118 valence electrons. The van der Waals surface area contributed by atoms with E-state index in [0.717, 1.165) is 42.5 Å². The van der Waals surface area contributed by atoms with Gasteiger partial charge >= 0.3 is 0 Å². The van der Waals surface area contributed by atoms with E-state index in [0.29, 0.717) is 6.54 Å². The van der Waals surface area contributed by atoms with Crippen LogP contribution in [0, 0.1) is 5.41 Å². The van der Waals surface area contributed by atoms with Crippen molar-refractivity contribution in [3.63, 3.8) is 0 Å². The van der Waals surface area contributed by atoms with Crippen molar-refractivity contribution in [1.82, 2.24) is 9.97 Å². The second-order valence-electron chi connectivity index (χ2n) is 6.19. The van der Waals surface area contributed by atoms with Crippen LogP contribution in [-0.4, -0.2) is 46.0 Å². The van der Waals surface area contributed by atoms with Gasteiger partial charge in [0.25, 0.3) is 0 Å². The number of pyridine rings is 2. The lowest BCUT2D eigenvalue weighted by atomic mass is 9.73. The first-order valence-electron chi connectivity index (χ1n) is 7.94. The molecule has 0 spiro atoms. The average molecular weight is 301 g/mol. The summed E-state index contributed by atoms with van der Waals surface area (Å²) in [5, 5.41) is 21.4. The van der Waals surface area contributed by atoms with E-state index in [-0.39, 0.29) is 12.0 Å². The third kappa shape index (κ3) is 2.55. The second-order valence-corrected chi connectivity index (χ2v) is 6.19. The minimum Gasteiger partial charge on any atom is -0.396 e. The molecular formula is C17H23N3O2. The monoisotopic (exact) mass is 301 g/mol. The highest BCUT2D eigenvalue weighted by molar-refractivity contribution is 5.89. The van der Waals surface area contributed by atoms with Gasteiger partial charge < -0.3 is 15.1 Å². The maximum Gasteiger partial charge on any atom is 0.138 e. The number of hydrogen-bond acceptors (Lipinski definition) is 5. The molecule has 3 heterocycles. The van der Waals surface area contributed by atoms with Crippen molar-refractivity contribution in [2.45, 2.75) is 32.3 Å². The van der Waals surface area contributed by atoms with E-state index >= 15 is 0 Å². The molecule has 1 fully saturated rings. The van der Waals surface area contributed by atoms with Crippen LogP contribution in [0.5, 0.6) is 0 Å². The number of aliphatic hydroxyl groups is 2. The Morgan fingerprint density at radius 1 is 1.32 bits per heavy atom. The fourth-order valence-corrected chi connectivity index (χ4v) is 3.50. The number of aliphatic hydroxyl groups excluding tert-OH is 2. The molecule has 1 saturated heterocycles. The Bertz CT molecular complexity index is 643. The Hall–Kier alpha value is -1.72. The van der Waals surface area contributed by atoms with E-state index in [9.17, 15) is 10.2 Å². The number of hydrogen-bond donors (Lipinski definition) is 2. The zero-order chi connectivity index (χ0) is 15.6. The molecule has 5 heteroatoms. The molecular weight excluding hydrogens is 278 g/mol. The van der Waals surface area contributed by atoms with Crippen molar-refractivity contribution in [1.29, 1.82) is 0 Å². The van der Waals surface area contributed by atoms with Crippen molar-refractivity contribution >= 4 is 16.7 Å². The Labute approximate surface area is 130 Å². The molecule has 0 aromatic carbocycles. The fourth-order valence-electron chi connectivity index (χ4n) is 3.50. The Morgan fingerprint density at radius 2 is 2.18 bits per heavy atom. The van der Waals surface area contributed by atoms with Crippen LogP contribution in [0.3, 0.4) is 0 Å². The van der Waals surface area contributed by atoms with Gasteiger partial charge in [-0.1, -0.05) is 13.3 Å². The molecule has 2 aromatic heterocycles. The van der Waals surface area contributed by atoms with Gasteiger partial charge in [-0.3, -0.25) is 4.98 Å². The fraction of sp³-hybridized carbons (Fsp3) is 0.529. The molecule has 0 unspecified atom stereocenters. The normalized spacial score (nSPS) is 25.6. The van der Waals surface area contributed by atoms with Crippen LogP contribution in [0.25, 0.3) is 10.9 Å². The van der Waals surface area contributed by atoms with Gasteiger partial charge in [0.2, 0.25) is 0 Å². The molecule has 1 aliphatic heterocycles. The van der Waals surface area contributed by atoms with Crippen molar-refractivity contribution in [2.24, 2.45) is 5.41 Å². The summed E-state index contributed by atoms with van der Waals surface area (Å²) in [6.07, 6.45) is 5.58.